The van der Waals surface area contributed by atoms with E-state index in [1.807, 2.05) is 0 Å². The molecule has 21 heavy (non-hydrogen) atoms. The number of carboxylic acid groups (broad SMARTS) is 1. The number of rotatable bonds is 7. The SMILES string of the molecule is CC(C)[C@H](NC(=O)c1ccco1)C(=O)N[C@@H](CS)C(=O)[O-]. The number of hydrogen-bond acceptors (Lipinski definition) is 6. The van der Waals surface area contributed by atoms with Gasteiger partial charge < -0.3 is 25.0 Å². The molecule has 2 atom stereocenters. The molecule has 2 amide bonds. The Hall–Kier alpha value is -1.96. The van der Waals surface area contributed by atoms with Crippen LogP contribution in [-0.2, 0) is 9.59 Å². The molecule has 0 aliphatic carbocycles. The summed E-state index contributed by atoms with van der Waals surface area (Å²) < 4.78 is 4.94. The maximum absolute atomic E-state index is 12.1. The molecule has 0 spiro atoms. The van der Waals surface area contributed by atoms with Crippen molar-refractivity contribution in [2.24, 2.45) is 5.92 Å². The summed E-state index contributed by atoms with van der Waals surface area (Å²) in [6.45, 7) is 3.45. The summed E-state index contributed by atoms with van der Waals surface area (Å²) in [6.07, 6.45) is 1.34. The van der Waals surface area contributed by atoms with Gasteiger partial charge in [-0.3, -0.25) is 9.59 Å². The zero-order chi connectivity index (χ0) is 16.0. The van der Waals surface area contributed by atoms with Crippen LogP contribution in [0, 0.1) is 5.92 Å². The van der Waals surface area contributed by atoms with E-state index in [2.05, 4.69) is 23.3 Å². The van der Waals surface area contributed by atoms with Crippen LogP contribution in [0.3, 0.4) is 0 Å². The van der Waals surface area contributed by atoms with Gasteiger partial charge in [0.25, 0.3) is 5.91 Å². The highest BCUT2D eigenvalue weighted by atomic mass is 32.1. The zero-order valence-electron chi connectivity index (χ0n) is 11.7. The summed E-state index contributed by atoms with van der Waals surface area (Å²) in [5.74, 6) is -2.88. The van der Waals surface area contributed by atoms with Gasteiger partial charge in [0, 0.05) is 5.75 Å². The van der Waals surface area contributed by atoms with Crippen molar-refractivity contribution in [3.05, 3.63) is 24.2 Å². The van der Waals surface area contributed by atoms with Crippen molar-refractivity contribution in [3.8, 4) is 0 Å². The molecule has 0 fully saturated rings. The first-order chi connectivity index (χ1) is 9.86. The molecular weight excluding hydrogens is 296 g/mol. The van der Waals surface area contributed by atoms with Crippen molar-refractivity contribution < 1.29 is 23.9 Å². The minimum atomic E-state index is -1.43. The number of thiol groups is 1. The van der Waals surface area contributed by atoms with E-state index in [1.54, 1.807) is 19.9 Å². The van der Waals surface area contributed by atoms with Crippen LogP contribution in [0.15, 0.2) is 22.8 Å². The van der Waals surface area contributed by atoms with Gasteiger partial charge in [0.05, 0.1) is 18.3 Å². The van der Waals surface area contributed by atoms with Gasteiger partial charge in [0.15, 0.2) is 5.76 Å². The van der Waals surface area contributed by atoms with Gasteiger partial charge in [0.2, 0.25) is 5.91 Å². The van der Waals surface area contributed by atoms with E-state index >= 15 is 0 Å². The number of aliphatic carboxylic acids is 1. The van der Waals surface area contributed by atoms with Gasteiger partial charge in [-0.1, -0.05) is 13.8 Å². The Morgan fingerprint density at radius 2 is 2.00 bits per heavy atom. The fourth-order valence-corrected chi connectivity index (χ4v) is 1.84. The monoisotopic (exact) mass is 313 g/mol. The first kappa shape index (κ1) is 17.1. The van der Waals surface area contributed by atoms with Gasteiger partial charge in [-0.15, -0.1) is 0 Å². The highest BCUT2D eigenvalue weighted by molar-refractivity contribution is 7.80. The van der Waals surface area contributed by atoms with E-state index in [0.29, 0.717) is 0 Å². The molecule has 0 aromatic carbocycles. The van der Waals surface area contributed by atoms with Crippen molar-refractivity contribution in [1.29, 1.82) is 0 Å². The topological polar surface area (TPSA) is 111 Å². The van der Waals surface area contributed by atoms with Crippen molar-refractivity contribution in [2.75, 3.05) is 5.75 Å². The van der Waals surface area contributed by atoms with Crippen LogP contribution in [0.4, 0.5) is 0 Å². The molecule has 0 bridgehead atoms. The number of carbonyl (C=O) groups is 3. The van der Waals surface area contributed by atoms with E-state index in [9.17, 15) is 19.5 Å². The lowest BCUT2D eigenvalue weighted by Crippen LogP contribution is -2.56. The number of nitrogens with one attached hydrogen (secondary N) is 2. The van der Waals surface area contributed by atoms with Crippen molar-refractivity contribution in [2.45, 2.75) is 25.9 Å². The van der Waals surface area contributed by atoms with Crippen LogP contribution < -0.4 is 15.7 Å². The molecule has 1 aromatic heterocycles. The van der Waals surface area contributed by atoms with Crippen molar-refractivity contribution in [3.63, 3.8) is 0 Å². The average Bonchev–Trinajstić information content (AvgIpc) is 2.94. The second-order valence-corrected chi connectivity index (χ2v) is 5.10. The highest BCUT2D eigenvalue weighted by Gasteiger charge is 2.27. The number of amides is 2. The summed E-state index contributed by atoms with van der Waals surface area (Å²) >= 11 is 3.83. The smallest absolute Gasteiger partial charge is 0.287 e. The van der Waals surface area contributed by atoms with E-state index in [0.717, 1.165) is 0 Å². The molecule has 8 heteroatoms. The lowest BCUT2D eigenvalue weighted by molar-refractivity contribution is -0.307. The first-order valence-electron chi connectivity index (χ1n) is 6.33. The number of furan rings is 1. The van der Waals surface area contributed by atoms with Crippen molar-refractivity contribution >= 4 is 30.4 Å². The third-order valence-electron chi connectivity index (χ3n) is 2.76. The molecule has 0 saturated heterocycles. The molecule has 2 N–H and O–H groups in total. The summed E-state index contributed by atoms with van der Waals surface area (Å²) in [7, 11) is 0. The van der Waals surface area contributed by atoms with Gasteiger partial charge in [-0.25, -0.2) is 0 Å². The predicted molar refractivity (Wildman–Crippen MR) is 75.6 cm³/mol. The maximum atomic E-state index is 12.1. The first-order valence-corrected chi connectivity index (χ1v) is 6.96. The van der Waals surface area contributed by atoms with E-state index in [4.69, 9.17) is 4.42 Å². The Labute approximate surface area is 127 Å². The molecular formula is C13H17N2O5S-. The maximum Gasteiger partial charge on any atom is 0.287 e. The lowest BCUT2D eigenvalue weighted by atomic mass is 10.0. The summed E-state index contributed by atoms with van der Waals surface area (Å²) in [5, 5.41) is 15.6. The van der Waals surface area contributed by atoms with Crippen LogP contribution in [0.2, 0.25) is 0 Å². The quantitative estimate of drug-likeness (QED) is 0.571. The Morgan fingerprint density at radius 1 is 1.33 bits per heavy atom. The highest BCUT2D eigenvalue weighted by Crippen LogP contribution is 2.06. The largest absolute Gasteiger partial charge is 0.548 e. The molecule has 1 heterocycles. The molecule has 1 aromatic rings. The number of hydrogen-bond donors (Lipinski definition) is 3. The van der Waals surface area contributed by atoms with Crippen LogP contribution in [-0.4, -0.2) is 35.6 Å². The molecule has 0 aliphatic heterocycles. The summed E-state index contributed by atoms with van der Waals surface area (Å²) in [6, 6.07) is 0.890. The zero-order valence-corrected chi connectivity index (χ0v) is 12.6. The molecule has 0 radical (unpaired) electrons. The summed E-state index contributed by atoms with van der Waals surface area (Å²) in [5.41, 5.74) is 0. The van der Waals surface area contributed by atoms with Gasteiger partial charge in [-0.2, -0.15) is 12.6 Å². The predicted octanol–water partition coefficient (Wildman–Crippen LogP) is -0.801. The van der Waals surface area contributed by atoms with Crippen LogP contribution >= 0.6 is 12.6 Å². The van der Waals surface area contributed by atoms with Crippen LogP contribution in [0.5, 0.6) is 0 Å². The molecule has 7 nitrogen and oxygen atoms in total. The standard InChI is InChI=1S/C13H18N2O5S/c1-7(2)10(12(17)14-8(6-21)13(18)19)15-11(16)9-4-3-5-20-9/h3-5,7-8,10,21H,6H2,1-2H3,(H,14,17)(H,15,16)(H,18,19)/p-1/t8-,10-/m0/s1. The second-order valence-electron chi connectivity index (χ2n) is 4.74. The fourth-order valence-electron chi connectivity index (χ4n) is 1.60. The minimum absolute atomic E-state index is 0.0686. The second kappa shape index (κ2) is 7.72. The van der Waals surface area contributed by atoms with E-state index in [1.165, 1.54) is 12.3 Å². The molecule has 116 valence electrons. The average molecular weight is 313 g/mol. The van der Waals surface area contributed by atoms with Gasteiger partial charge in [0.1, 0.15) is 6.04 Å². The number of carbonyl (C=O) groups excluding carboxylic acids is 3. The third kappa shape index (κ3) is 4.82. The minimum Gasteiger partial charge on any atom is -0.548 e. The molecule has 1 rings (SSSR count). The third-order valence-corrected chi connectivity index (χ3v) is 3.13. The Bertz CT molecular complexity index is 501. The van der Waals surface area contributed by atoms with E-state index < -0.39 is 29.9 Å². The van der Waals surface area contributed by atoms with Gasteiger partial charge in [-0.05, 0) is 18.1 Å². The normalized spacial score (nSPS) is 13.5. The molecule has 0 saturated carbocycles. The Kier molecular flexibility index (Phi) is 6.29. The molecule has 0 unspecified atom stereocenters. The van der Waals surface area contributed by atoms with E-state index in [-0.39, 0.29) is 17.4 Å². The molecule has 0 aliphatic rings. The Balaban J connectivity index is 2.75. The lowest BCUT2D eigenvalue weighted by Gasteiger charge is -2.25. The van der Waals surface area contributed by atoms with Crippen molar-refractivity contribution in [1.82, 2.24) is 10.6 Å². The number of carboxylic acids is 1. The van der Waals surface area contributed by atoms with Crippen LogP contribution in [0.25, 0.3) is 0 Å². The fraction of sp³-hybridized carbons (Fsp3) is 0.462. The summed E-state index contributed by atoms with van der Waals surface area (Å²) in [4.78, 5) is 34.8. The van der Waals surface area contributed by atoms with Gasteiger partial charge >= 0.3 is 0 Å². The van der Waals surface area contributed by atoms with Crippen LogP contribution in [0.1, 0.15) is 24.4 Å². The Morgan fingerprint density at radius 3 is 2.43 bits per heavy atom.